The van der Waals surface area contributed by atoms with Crippen LogP contribution >= 0.6 is 23.2 Å². The molecule has 2 aromatic rings. The predicted octanol–water partition coefficient (Wildman–Crippen LogP) is 4.17. The molecule has 0 aliphatic heterocycles. The van der Waals surface area contributed by atoms with Crippen molar-refractivity contribution in [2.24, 2.45) is 0 Å². The van der Waals surface area contributed by atoms with Crippen LogP contribution in [0, 0.1) is 0 Å². The van der Waals surface area contributed by atoms with E-state index in [1.54, 1.807) is 18.2 Å². The van der Waals surface area contributed by atoms with Gasteiger partial charge in [-0.3, -0.25) is 14.6 Å². The SMILES string of the molecule is CCCCNC(=O)c1cncc(C(=O)Nc2cc(Cl)cc(Cl)c2)c1. The maximum Gasteiger partial charge on any atom is 0.257 e. The zero-order chi connectivity index (χ0) is 17.5. The van der Waals surface area contributed by atoms with Crippen LogP contribution in [-0.4, -0.2) is 23.3 Å². The first kappa shape index (κ1) is 18.2. The number of halogens is 2. The quantitative estimate of drug-likeness (QED) is 0.754. The van der Waals surface area contributed by atoms with Gasteiger partial charge in [-0.25, -0.2) is 0 Å². The Labute approximate surface area is 150 Å². The highest BCUT2D eigenvalue weighted by molar-refractivity contribution is 6.35. The highest BCUT2D eigenvalue weighted by atomic mass is 35.5. The Kier molecular flexibility index (Phi) is 6.58. The molecular weight excluding hydrogens is 349 g/mol. The summed E-state index contributed by atoms with van der Waals surface area (Å²) in [5, 5.41) is 6.30. The summed E-state index contributed by atoms with van der Waals surface area (Å²) in [5.74, 6) is -0.652. The van der Waals surface area contributed by atoms with Crippen LogP contribution in [-0.2, 0) is 0 Å². The highest BCUT2D eigenvalue weighted by Crippen LogP contribution is 2.22. The van der Waals surface area contributed by atoms with E-state index in [0.717, 1.165) is 12.8 Å². The van der Waals surface area contributed by atoms with Gasteiger partial charge in [0, 0.05) is 34.7 Å². The third-order valence-electron chi connectivity index (χ3n) is 3.20. The van der Waals surface area contributed by atoms with Gasteiger partial charge in [-0.2, -0.15) is 0 Å². The van der Waals surface area contributed by atoms with Crippen LogP contribution in [0.15, 0.2) is 36.7 Å². The third kappa shape index (κ3) is 5.22. The zero-order valence-electron chi connectivity index (χ0n) is 13.1. The summed E-state index contributed by atoms with van der Waals surface area (Å²) in [6.07, 6.45) is 4.71. The molecule has 0 unspecified atom stereocenters. The fraction of sp³-hybridized carbons (Fsp3) is 0.235. The second kappa shape index (κ2) is 8.66. The first-order valence-electron chi connectivity index (χ1n) is 7.50. The zero-order valence-corrected chi connectivity index (χ0v) is 14.6. The summed E-state index contributed by atoms with van der Waals surface area (Å²) in [6.45, 7) is 2.63. The van der Waals surface area contributed by atoms with Gasteiger partial charge in [0.1, 0.15) is 0 Å². The second-order valence-electron chi connectivity index (χ2n) is 5.18. The molecule has 0 aliphatic rings. The molecule has 7 heteroatoms. The molecule has 5 nitrogen and oxygen atoms in total. The van der Waals surface area contributed by atoms with Crippen molar-refractivity contribution < 1.29 is 9.59 Å². The Balaban J connectivity index is 2.09. The number of benzene rings is 1. The van der Waals surface area contributed by atoms with Crippen molar-refractivity contribution in [3.05, 3.63) is 57.8 Å². The number of hydrogen-bond donors (Lipinski definition) is 2. The van der Waals surface area contributed by atoms with Gasteiger partial charge in [0.2, 0.25) is 0 Å². The van der Waals surface area contributed by atoms with E-state index < -0.39 is 5.91 Å². The summed E-state index contributed by atoms with van der Waals surface area (Å²) in [6, 6.07) is 6.23. The number of hydrogen-bond acceptors (Lipinski definition) is 3. The van der Waals surface area contributed by atoms with Crippen LogP contribution in [0.5, 0.6) is 0 Å². The Hall–Kier alpha value is -2.11. The molecule has 0 bridgehead atoms. The van der Waals surface area contributed by atoms with Gasteiger partial charge >= 0.3 is 0 Å². The number of nitrogens with zero attached hydrogens (tertiary/aromatic N) is 1. The second-order valence-corrected chi connectivity index (χ2v) is 6.06. The first-order chi connectivity index (χ1) is 11.5. The molecular formula is C17H17Cl2N3O2. The number of pyridine rings is 1. The molecule has 0 fully saturated rings. The molecule has 1 aromatic carbocycles. The highest BCUT2D eigenvalue weighted by Gasteiger charge is 2.12. The van der Waals surface area contributed by atoms with Gasteiger partial charge in [-0.1, -0.05) is 36.5 Å². The van der Waals surface area contributed by atoms with Crippen LogP contribution in [0.2, 0.25) is 10.0 Å². The van der Waals surface area contributed by atoms with E-state index in [0.29, 0.717) is 27.8 Å². The lowest BCUT2D eigenvalue weighted by Crippen LogP contribution is -2.25. The fourth-order valence-corrected chi connectivity index (χ4v) is 2.52. The minimum Gasteiger partial charge on any atom is -0.352 e. The van der Waals surface area contributed by atoms with E-state index in [2.05, 4.69) is 15.6 Å². The first-order valence-corrected chi connectivity index (χ1v) is 8.26. The standard InChI is InChI=1S/C17H17Cl2N3O2/c1-2-3-4-21-16(23)11-5-12(10-20-9-11)17(24)22-15-7-13(18)6-14(19)8-15/h5-10H,2-4H2,1H3,(H,21,23)(H,22,24). The summed E-state index contributed by atoms with van der Waals surface area (Å²) < 4.78 is 0. The van der Waals surface area contributed by atoms with Gasteiger partial charge in [0.25, 0.3) is 11.8 Å². The minimum atomic E-state index is -0.399. The molecule has 1 aromatic heterocycles. The smallest absolute Gasteiger partial charge is 0.257 e. The van der Waals surface area contributed by atoms with Gasteiger partial charge in [-0.15, -0.1) is 0 Å². The average Bonchev–Trinajstić information content (AvgIpc) is 2.54. The van der Waals surface area contributed by atoms with Crippen molar-refractivity contribution in [1.82, 2.24) is 10.3 Å². The number of rotatable bonds is 6. The molecule has 0 saturated heterocycles. The van der Waals surface area contributed by atoms with Crippen molar-refractivity contribution in [3.8, 4) is 0 Å². The molecule has 2 N–H and O–H groups in total. The Morgan fingerprint density at radius 3 is 2.25 bits per heavy atom. The molecule has 126 valence electrons. The summed E-state index contributed by atoms with van der Waals surface area (Å²) in [5.41, 5.74) is 1.08. The van der Waals surface area contributed by atoms with E-state index in [4.69, 9.17) is 23.2 Å². The van der Waals surface area contributed by atoms with Crippen molar-refractivity contribution in [1.29, 1.82) is 0 Å². The maximum absolute atomic E-state index is 12.3. The molecule has 0 atom stereocenters. The fourth-order valence-electron chi connectivity index (χ4n) is 2.00. The Morgan fingerprint density at radius 1 is 1.00 bits per heavy atom. The summed E-state index contributed by atoms with van der Waals surface area (Å²) in [7, 11) is 0. The molecule has 2 amide bonds. The van der Waals surface area contributed by atoms with Crippen LogP contribution in [0.3, 0.4) is 0 Å². The van der Waals surface area contributed by atoms with Crippen molar-refractivity contribution in [2.45, 2.75) is 19.8 Å². The van der Waals surface area contributed by atoms with E-state index in [-0.39, 0.29) is 11.5 Å². The average molecular weight is 366 g/mol. The van der Waals surface area contributed by atoms with Crippen LogP contribution in [0.4, 0.5) is 5.69 Å². The van der Waals surface area contributed by atoms with Gasteiger partial charge in [0.05, 0.1) is 11.1 Å². The molecule has 0 spiro atoms. The van der Waals surface area contributed by atoms with Crippen LogP contribution < -0.4 is 10.6 Å². The van der Waals surface area contributed by atoms with Gasteiger partial charge in [0.15, 0.2) is 0 Å². The van der Waals surface area contributed by atoms with Crippen LogP contribution in [0.1, 0.15) is 40.5 Å². The Bertz CT molecular complexity index is 730. The molecule has 2 rings (SSSR count). The van der Waals surface area contributed by atoms with E-state index in [9.17, 15) is 9.59 Å². The monoisotopic (exact) mass is 365 g/mol. The number of unbranched alkanes of at least 4 members (excludes halogenated alkanes) is 1. The van der Waals surface area contributed by atoms with Gasteiger partial charge < -0.3 is 10.6 Å². The molecule has 0 radical (unpaired) electrons. The molecule has 24 heavy (non-hydrogen) atoms. The minimum absolute atomic E-state index is 0.253. The van der Waals surface area contributed by atoms with Gasteiger partial charge in [-0.05, 0) is 30.7 Å². The van der Waals surface area contributed by atoms with E-state index in [1.165, 1.54) is 18.5 Å². The lowest BCUT2D eigenvalue weighted by molar-refractivity contribution is 0.0953. The largest absolute Gasteiger partial charge is 0.352 e. The maximum atomic E-state index is 12.3. The molecule has 0 aliphatic carbocycles. The lowest BCUT2D eigenvalue weighted by atomic mass is 10.1. The lowest BCUT2D eigenvalue weighted by Gasteiger charge is -2.08. The topological polar surface area (TPSA) is 71.1 Å². The summed E-state index contributed by atoms with van der Waals surface area (Å²) >= 11 is 11.8. The number of amides is 2. The molecule has 1 heterocycles. The number of anilines is 1. The number of carbonyl (C=O) groups is 2. The summed E-state index contributed by atoms with van der Waals surface area (Å²) in [4.78, 5) is 28.3. The van der Waals surface area contributed by atoms with E-state index >= 15 is 0 Å². The number of aromatic nitrogens is 1. The van der Waals surface area contributed by atoms with E-state index in [1.807, 2.05) is 6.92 Å². The normalized spacial score (nSPS) is 10.3. The predicted molar refractivity (Wildman–Crippen MR) is 95.9 cm³/mol. The van der Waals surface area contributed by atoms with Crippen molar-refractivity contribution >= 4 is 40.7 Å². The number of carbonyl (C=O) groups excluding carboxylic acids is 2. The van der Waals surface area contributed by atoms with Crippen molar-refractivity contribution in [2.75, 3.05) is 11.9 Å². The molecule has 0 saturated carbocycles. The number of nitrogens with one attached hydrogen (secondary N) is 2. The van der Waals surface area contributed by atoms with Crippen LogP contribution in [0.25, 0.3) is 0 Å². The third-order valence-corrected chi connectivity index (χ3v) is 3.64. The van der Waals surface area contributed by atoms with Crippen molar-refractivity contribution in [3.63, 3.8) is 0 Å². The Morgan fingerprint density at radius 2 is 1.62 bits per heavy atom.